The van der Waals surface area contributed by atoms with Crippen molar-refractivity contribution in [3.63, 3.8) is 0 Å². The van der Waals surface area contributed by atoms with Crippen molar-refractivity contribution >= 4 is 57.2 Å². The van der Waals surface area contributed by atoms with Crippen LogP contribution in [0.4, 0.5) is 34.1 Å². The second-order valence-electron chi connectivity index (χ2n) is 14.1. The molecule has 6 heteroatoms. The van der Waals surface area contributed by atoms with Gasteiger partial charge in [-0.1, -0.05) is 93.4 Å². The van der Waals surface area contributed by atoms with Gasteiger partial charge in [0.05, 0.1) is 0 Å². The Labute approximate surface area is 321 Å². The predicted octanol–water partition coefficient (Wildman–Crippen LogP) is 9.74. The molecule has 4 heterocycles. The quantitative estimate of drug-likeness (QED) is 0.123. The Balaban J connectivity index is 0.00000387. The Morgan fingerprint density at radius 3 is 1.37 bits per heavy atom. The number of nitrogens with zero attached hydrogens (tertiary/aromatic N) is 4. The number of para-hydroxylation sites is 2. The molecule has 0 N–H and O–H groups in total. The molecule has 7 aromatic rings. The van der Waals surface area contributed by atoms with Crippen LogP contribution in [0, 0.1) is 12.1 Å². The zero-order chi connectivity index (χ0) is 34.6. The second-order valence-corrected chi connectivity index (χ2v) is 14.1. The van der Waals surface area contributed by atoms with Crippen LogP contribution in [0.25, 0.3) is 22.5 Å². The largest absolute Gasteiger partial charge is 2.00 e. The van der Waals surface area contributed by atoms with Crippen LogP contribution >= 0.6 is 0 Å². The molecular formula is C46H37BN4Pt. The summed E-state index contributed by atoms with van der Waals surface area (Å²) >= 11 is 0. The molecule has 2 aliphatic rings. The SMILES string of the molecule is CC(C)c1ccnc(-c2[c-]c3c(cc2)N(c2ccccc2)c2cccc4c2B3c2[c-]c(-c3cc(C(C)C)ccn3)ccc2N4c2ccccc2)c1.[Pt+2]. The van der Waals surface area contributed by atoms with Crippen molar-refractivity contribution in [2.75, 3.05) is 9.80 Å². The van der Waals surface area contributed by atoms with Gasteiger partial charge in [-0.15, -0.1) is 58.5 Å². The van der Waals surface area contributed by atoms with Gasteiger partial charge in [0.2, 0.25) is 6.71 Å². The second kappa shape index (κ2) is 13.7. The van der Waals surface area contributed by atoms with Gasteiger partial charge in [-0.05, 0) is 88.6 Å². The van der Waals surface area contributed by atoms with E-state index in [1.807, 2.05) is 12.4 Å². The van der Waals surface area contributed by atoms with Crippen LogP contribution in [0.5, 0.6) is 0 Å². The summed E-state index contributed by atoms with van der Waals surface area (Å²) < 4.78 is 0. The number of pyridine rings is 2. The summed E-state index contributed by atoms with van der Waals surface area (Å²) in [5.74, 6) is 0.801. The van der Waals surface area contributed by atoms with Crippen LogP contribution in [0.3, 0.4) is 0 Å². The van der Waals surface area contributed by atoms with E-state index in [-0.39, 0.29) is 27.8 Å². The van der Waals surface area contributed by atoms with Gasteiger partial charge < -0.3 is 19.8 Å². The molecule has 0 saturated heterocycles. The van der Waals surface area contributed by atoms with Gasteiger partial charge in [0.25, 0.3) is 0 Å². The van der Waals surface area contributed by atoms with Gasteiger partial charge in [0.15, 0.2) is 0 Å². The van der Waals surface area contributed by atoms with Crippen LogP contribution in [-0.4, -0.2) is 16.7 Å². The first-order chi connectivity index (χ1) is 25.0. The van der Waals surface area contributed by atoms with E-state index in [0.29, 0.717) is 11.8 Å². The molecule has 9 rings (SSSR count). The molecule has 2 aromatic heterocycles. The standard InChI is InChI=1S/C46H37BN4.Pt/c1-30(2)32-22-24-48-40(28-32)34-18-20-42-38(26-34)47-39-27-35(41-29-33(31(3)4)23-25-49-41)19-21-43(39)51(37-14-9-6-10-15-37)45-17-11-16-44(46(45)47)50(42)36-12-7-5-8-13-36;/h5-25,28-31H,1-4H3;/q-2;+2. The van der Waals surface area contributed by atoms with Gasteiger partial charge >= 0.3 is 21.1 Å². The van der Waals surface area contributed by atoms with Crippen molar-refractivity contribution in [1.29, 1.82) is 0 Å². The van der Waals surface area contributed by atoms with E-state index in [2.05, 4.69) is 177 Å². The molecular weight excluding hydrogens is 814 g/mol. The van der Waals surface area contributed by atoms with Crippen LogP contribution < -0.4 is 26.2 Å². The van der Waals surface area contributed by atoms with E-state index in [0.717, 1.165) is 67.6 Å². The van der Waals surface area contributed by atoms with Gasteiger partial charge in [0, 0.05) is 35.1 Å². The number of anilines is 6. The topological polar surface area (TPSA) is 32.3 Å². The van der Waals surface area contributed by atoms with Crippen molar-refractivity contribution in [3.05, 3.63) is 163 Å². The van der Waals surface area contributed by atoms with E-state index in [1.165, 1.54) is 16.6 Å². The number of aromatic nitrogens is 2. The van der Waals surface area contributed by atoms with Crippen molar-refractivity contribution in [3.8, 4) is 22.5 Å². The molecule has 5 aromatic carbocycles. The Kier molecular flexibility index (Phi) is 8.93. The predicted molar refractivity (Wildman–Crippen MR) is 213 cm³/mol. The molecule has 0 unspecified atom stereocenters. The summed E-state index contributed by atoms with van der Waals surface area (Å²) in [6.45, 7) is 8.78. The van der Waals surface area contributed by atoms with E-state index in [4.69, 9.17) is 9.97 Å². The van der Waals surface area contributed by atoms with E-state index >= 15 is 0 Å². The zero-order valence-electron chi connectivity index (χ0n) is 29.6. The van der Waals surface area contributed by atoms with Crippen molar-refractivity contribution in [1.82, 2.24) is 9.97 Å². The molecule has 0 saturated carbocycles. The minimum absolute atomic E-state index is 0. The summed E-state index contributed by atoms with van der Waals surface area (Å²) in [6.07, 6.45) is 3.85. The first-order valence-electron chi connectivity index (χ1n) is 17.8. The van der Waals surface area contributed by atoms with Crippen LogP contribution in [0.2, 0.25) is 0 Å². The van der Waals surface area contributed by atoms with Crippen molar-refractivity contribution < 1.29 is 21.1 Å². The number of rotatable bonds is 6. The Morgan fingerprint density at radius 1 is 0.500 bits per heavy atom. The third-order valence-electron chi connectivity index (χ3n) is 10.3. The number of hydrogen-bond acceptors (Lipinski definition) is 4. The number of fused-ring (bicyclic) bond motifs is 4. The Hall–Kier alpha value is -5.25. The fraction of sp³-hybridized carbons (Fsp3) is 0.130. The van der Waals surface area contributed by atoms with E-state index in [9.17, 15) is 0 Å². The molecule has 0 radical (unpaired) electrons. The summed E-state index contributed by atoms with van der Waals surface area (Å²) in [6, 6.07) is 53.5. The number of hydrogen-bond donors (Lipinski definition) is 0. The van der Waals surface area contributed by atoms with Crippen LogP contribution in [0.15, 0.2) is 140 Å². The van der Waals surface area contributed by atoms with E-state index < -0.39 is 0 Å². The maximum atomic E-state index is 4.85. The molecule has 254 valence electrons. The molecule has 2 aliphatic heterocycles. The van der Waals surface area contributed by atoms with Gasteiger partial charge in [-0.2, -0.15) is 0 Å². The maximum Gasteiger partial charge on any atom is 2.00 e. The monoisotopic (exact) mass is 851 g/mol. The van der Waals surface area contributed by atoms with Gasteiger partial charge in [-0.25, -0.2) is 0 Å². The smallest absolute Gasteiger partial charge is 0.353 e. The average Bonchev–Trinajstić information content (AvgIpc) is 3.18. The zero-order valence-corrected chi connectivity index (χ0v) is 31.9. The minimum Gasteiger partial charge on any atom is -0.353 e. The van der Waals surface area contributed by atoms with E-state index in [1.54, 1.807) is 0 Å². The molecule has 0 aliphatic carbocycles. The van der Waals surface area contributed by atoms with Crippen molar-refractivity contribution in [2.45, 2.75) is 39.5 Å². The fourth-order valence-corrected chi connectivity index (χ4v) is 7.67. The number of benzene rings is 5. The summed E-state index contributed by atoms with van der Waals surface area (Å²) in [7, 11) is 0. The normalized spacial score (nSPS) is 12.7. The summed E-state index contributed by atoms with van der Waals surface area (Å²) in [5.41, 5.74) is 16.6. The first kappa shape index (κ1) is 33.9. The Bertz CT molecular complexity index is 2250. The molecule has 0 fully saturated rings. The third-order valence-corrected chi connectivity index (χ3v) is 10.3. The first-order valence-corrected chi connectivity index (χ1v) is 17.8. The van der Waals surface area contributed by atoms with Crippen LogP contribution in [-0.2, 0) is 21.1 Å². The summed E-state index contributed by atoms with van der Waals surface area (Å²) in [5, 5.41) is 0. The molecule has 0 amide bonds. The minimum atomic E-state index is -0.123. The molecule has 52 heavy (non-hydrogen) atoms. The molecule has 0 atom stereocenters. The molecule has 0 spiro atoms. The maximum absolute atomic E-state index is 4.85. The molecule has 0 bridgehead atoms. The molecule has 4 nitrogen and oxygen atoms in total. The average molecular weight is 852 g/mol. The van der Waals surface area contributed by atoms with Gasteiger partial charge in [-0.3, -0.25) is 0 Å². The van der Waals surface area contributed by atoms with Crippen molar-refractivity contribution in [2.24, 2.45) is 0 Å². The third kappa shape index (κ3) is 5.69. The fourth-order valence-electron chi connectivity index (χ4n) is 7.67. The van der Waals surface area contributed by atoms with Gasteiger partial charge in [0.1, 0.15) is 0 Å². The Morgan fingerprint density at radius 2 is 0.942 bits per heavy atom. The summed E-state index contributed by atoms with van der Waals surface area (Å²) in [4.78, 5) is 14.5. The van der Waals surface area contributed by atoms with Crippen LogP contribution in [0.1, 0.15) is 50.7 Å².